The predicted molar refractivity (Wildman–Crippen MR) is 93.5 cm³/mol. The van der Waals surface area contributed by atoms with Crippen LogP contribution in [0.25, 0.3) is 5.82 Å². The number of benzene rings is 1. The van der Waals surface area contributed by atoms with E-state index in [-0.39, 0.29) is 17.0 Å². The van der Waals surface area contributed by atoms with Crippen molar-refractivity contribution < 1.29 is 18.3 Å². The van der Waals surface area contributed by atoms with Crippen molar-refractivity contribution in [2.45, 2.75) is 18.4 Å². The second kappa shape index (κ2) is 7.06. The molecule has 8 nitrogen and oxygen atoms in total. The van der Waals surface area contributed by atoms with Crippen LogP contribution in [0.15, 0.2) is 59.9 Å². The van der Waals surface area contributed by atoms with Crippen molar-refractivity contribution in [3.63, 3.8) is 0 Å². The standard InChI is InChI=1S/C17H16N4O4S/c1-12-3-5-14(17(22)23)9-15(12)26(24,25)20-11-13-4-6-16(18-10-13)21-8-2-7-19-21/h2-10,20H,11H2,1H3,(H,22,23). The van der Waals surface area contributed by atoms with Gasteiger partial charge in [0.05, 0.1) is 10.5 Å². The monoisotopic (exact) mass is 372 g/mol. The highest BCUT2D eigenvalue weighted by Crippen LogP contribution is 2.17. The van der Waals surface area contributed by atoms with Crippen molar-refractivity contribution in [2.24, 2.45) is 0 Å². The Labute approximate surface area is 150 Å². The number of rotatable bonds is 6. The molecule has 0 spiro atoms. The molecule has 9 heteroatoms. The molecular formula is C17H16N4O4S. The molecule has 3 aromatic rings. The summed E-state index contributed by atoms with van der Waals surface area (Å²) >= 11 is 0. The molecule has 0 amide bonds. The zero-order valence-electron chi connectivity index (χ0n) is 13.8. The molecule has 0 aliphatic heterocycles. The first kappa shape index (κ1) is 17.8. The summed E-state index contributed by atoms with van der Waals surface area (Å²) in [7, 11) is -3.86. The second-order valence-electron chi connectivity index (χ2n) is 5.59. The number of hydrogen-bond donors (Lipinski definition) is 2. The van der Waals surface area contributed by atoms with Crippen LogP contribution in [0.3, 0.4) is 0 Å². The molecule has 3 rings (SSSR count). The molecule has 0 bridgehead atoms. The molecule has 0 saturated heterocycles. The van der Waals surface area contributed by atoms with Crippen molar-refractivity contribution in [3.05, 3.63) is 71.7 Å². The van der Waals surface area contributed by atoms with E-state index >= 15 is 0 Å². The maximum absolute atomic E-state index is 12.5. The second-order valence-corrected chi connectivity index (χ2v) is 7.32. The van der Waals surface area contributed by atoms with Crippen LogP contribution in [-0.2, 0) is 16.6 Å². The Kier molecular flexibility index (Phi) is 4.83. The summed E-state index contributed by atoms with van der Waals surface area (Å²) in [6.07, 6.45) is 4.94. The third-order valence-corrected chi connectivity index (χ3v) is 5.28. The Morgan fingerprint density at radius 2 is 2.08 bits per heavy atom. The molecule has 2 N–H and O–H groups in total. The Morgan fingerprint density at radius 1 is 1.27 bits per heavy atom. The Morgan fingerprint density at radius 3 is 2.69 bits per heavy atom. The van der Waals surface area contributed by atoms with Crippen molar-refractivity contribution in [2.75, 3.05) is 0 Å². The van der Waals surface area contributed by atoms with E-state index in [4.69, 9.17) is 5.11 Å². The van der Waals surface area contributed by atoms with Crippen LogP contribution < -0.4 is 4.72 Å². The molecule has 134 valence electrons. The predicted octanol–water partition coefficient (Wildman–Crippen LogP) is 1.75. The van der Waals surface area contributed by atoms with E-state index in [1.807, 2.05) is 0 Å². The lowest BCUT2D eigenvalue weighted by Crippen LogP contribution is -2.24. The number of sulfonamides is 1. The fourth-order valence-electron chi connectivity index (χ4n) is 2.34. The number of carboxylic acid groups (broad SMARTS) is 1. The van der Waals surface area contributed by atoms with Crippen LogP contribution >= 0.6 is 0 Å². The third kappa shape index (κ3) is 3.79. The lowest BCUT2D eigenvalue weighted by molar-refractivity contribution is 0.0696. The average molecular weight is 372 g/mol. The van der Waals surface area contributed by atoms with Crippen LogP contribution in [0.2, 0.25) is 0 Å². The fourth-order valence-corrected chi connectivity index (χ4v) is 3.63. The molecule has 0 aliphatic rings. The Bertz CT molecular complexity index is 1030. The van der Waals surface area contributed by atoms with Gasteiger partial charge in [-0.2, -0.15) is 5.10 Å². The minimum Gasteiger partial charge on any atom is -0.478 e. The van der Waals surface area contributed by atoms with Crippen molar-refractivity contribution >= 4 is 16.0 Å². The fraction of sp³-hybridized carbons (Fsp3) is 0.118. The van der Waals surface area contributed by atoms with E-state index in [1.165, 1.54) is 12.1 Å². The average Bonchev–Trinajstić information content (AvgIpc) is 3.15. The minimum atomic E-state index is -3.86. The van der Waals surface area contributed by atoms with Gasteiger partial charge in [0.1, 0.15) is 0 Å². The number of aryl methyl sites for hydroxylation is 1. The highest BCUT2D eigenvalue weighted by Gasteiger charge is 2.18. The first-order valence-electron chi connectivity index (χ1n) is 7.65. The maximum Gasteiger partial charge on any atom is 0.335 e. The molecule has 0 unspecified atom stereocenters. The summed E-state index contributed by atoms with van der Waals surface area (Å²) in [6, 6.07) is 9.24. The van der Waals surface area contributed by atoms with Gasteiger partial charge in [-0.25, -0.2) is 27.6 Å². The Hall–Kier alpha value is -3.04. The molecule has 0 atom stereocenters. The van der Waals surface area contributed by atoms with Gasteiger partial charge in [-0.05, 0) is 42.3 Å². The quantitative estimate of drug-likeness (QED) is 0.681. The van der Waals surface area contributed by atoms with E-state index < -0.39 is 16.0 Å². The van der Waals surface area contributed by atoms with Crippen molar-refractivity contribution in [3.8, 4) is 5.82 Å². The topological polar surface area (TPSA) is 114 Å². The largest absolute Gasteiger partial charge is 0.478 e. The zero-order valence-corrected chi connectivity index (χ0v) is 14.6. The van der Waals surface area contributed by atoms with Crippen LogP contribution in [0.1, 0.15) is 21.5 Å². The summed E-state index contributed by atoms with van der Waals surface area (Å²) < 4.78 is 29.1. The molecule has 0 radical (unpaired) electrons. The lowest BCUT2D eigenvalue weighted by atomic mass is 10.1. The number of aromatic carboxylic acids is 1. The van der Waals surface area contributed by atoms with Crippen LogP contribution in [0, 0.1) is 6.92 Å². The molecule has 2 heterocycles. The number of carbonyl (C=O) groups is 1. The lowest BCUT2D eigenvalue weighted by Gasteiger charge is -2.10. The van der Waals surface area contributed by atoms with Crippen LogP contribution in [-0.4, -0.2) is 34.3 Å². The molecule has 2 aromatic heterocycles. The van der Waals surface area contributed by atoms with Gasteiger partial charge in [-0.15, -0.1) is 0 Å². The van der Waals surface area contributed by atoms with E-state index in [1.54, 1.807) is 48.4 Å². The summed E-state index contributed by atoms with van der Waals surface area (Å²) in [6.45, 7) is 1.64. The first-order valence-corrected chi connectivity index (χ1v) is 9.14. The smallest absolute Gasteiger partial charge is 0.335 e. The van der Waals surface area contributed by atoms with Crippen LogP contribution in [0.5, 0.6) is 0 Å². The van der Waals surface area contributed by atoms with Crippen molar-refractivity contribution in [1.29, 1.82) is 0 Å². The molecule has 26 heavy (non-hydrogen) atoms. The number of carboxylic acids is 1. The van der Waals surface area contributed by atoms with E-state index in [2.05, 4.69) is 14.8 Å². The van der Waals surface area contributed by atoms with E-state index in [0.29, 0.717) is 16.9 Å². The SMILES string of the molecule is Cc1ccc(C(=O)O)cc1S(=O)(=O)NCc1ccc(-n2cccn2)nc1. The molecule has 1 aromatic carbocycles. The highest BCUT2D eigenvalue weighted by atomic mass is 32.2. The molecule has 0 fully saturated rings. The number of aromatic nitrogens is 3. The van der Waals surface area contributed by atoms with Gasteiger partial charge >= 0.3 is 5.97 Å². The highest BCUT2D eigenvalue weighted by molar-refractivity contribution is 7.89. The summed E-state index contributed by atoms with van der Waals surface area (Å²) in [4.78, 5) is 15.2. The summed E-state index contributed by atoms with van der Waals surface area (Å²) in [5.41, 5.74) is 1.05. The van der Waals surface area contributed by atoms with E-state index in [0.717, 1.165) is 6.07 Å². The van der Waals surface area contributed by atoms with Gasteiger partial charge in [0, 0.05) is 25.1 Å². The summed E-state index contributed by atoms with van der Waals surface area (Å²) in [5, 5.41) is 13.1. The zero-order chi connectivity index (χ0) is 18.7. The van der Waals surface area contributed by atoms with E-state index in [9.17, 15) is 13.2 Å². The van der Waals surface area contributed by atoms with Crippen molar-refractivity contribution in [1.82, 2.24) is 19.5 Å². The number of hydrogen-bond acceptors (Lipinski definition) is 5. The number of pyridine rings is 1. The number of nitrogens with zero attached hydrogens (tertiary/aromatic N) is 3. The molecular weight excluding hydrogens is 356 g/mol. The first-order chi connectivity index (χ1) is 12.4. The molecule has 0 saturated carbocycles. The Balaban J connectivity index is 1.76. The molecule has 0 aliphatic carbocycles. The van der Waals surface area contributed by atoms with Crippen LogP contribution in [0.4, 0.5) is 0 Å². The van der Waals surface area contributed by atoms with Gasteiger partial charge < -0.3 is 5.11 Å². The minimum absolute atomic E-state index is 0.0332. The van der Waals surface area contributed by atoms with Gasteiger partial charge in [-0.1, -0.05) is 12.1 Å². The van der Waals surface area contributed by atoms with Gasteiger partial charge in [0.2, 0.25) is 10.0 Å². The third-order valence-electron chi connectivity index (χ3n) is 3.74. The van der Waals surface area contributed by atoms with Gasteiger partial charge in [0.15, 0.2) is 5.82 Å². The normalized spacial score (nSPS) is 11.4. The summed E-state index contributed by atoms with van der Waals surface area (Å²) in [5.74, 6) is -0.563. The van der Waals surface area contributed by atoms with Gasteiger partial charge in [-0.3, -0.25) is 0 Å². The number of nitrogens with one attached hydrogen (secondary N) is 1. The maximum atomic E-state index is 12.5. The van der Waals surface area contributed by atoms with Gasteiger partial charge in [0.25, 0.3) is 0 Å².